The standard InChI is InChI=1S/C11H10ClN3O/c1-7(12)6-14-11(16)10-4-3-9(5-13)8(2)15-10/h3-4H,1,6H2,2H3,(H,14,16). The highest BCUT2D eigenvalue weighted by atomic mass is 35.5. The molecule has 0 atom stereocenters. The van der Waals surface area contributed by atoms with Crippen molar-refractivity contribution in [3.63, 3.8) is 0 Å². The van der Waals surface area contributed by atoms with Gasteiger partial charge in [-0.15, -0.1) is 0 Å². The normalized spacial score (nSPS) is 9.31. The van der Waals surface area contributed by atoms with Gasteiger partial charge in [-0.2, -0.15) is 5.26 Å². The zero-order valence-corrected chi connectivity index (χ0v) is 9.51. The molecule has 0 saturated carbocycles. The van der Waals surface area contributed by atoms with E-state index in [9.17, 15) is 4.79 Å². The maximum atomic E-state index is 11.5. The van der Waals surface area contributed by atoms with Gasteiger partial charge in [-0.05, 0) is 19.1 Å². The lowest BCUT2D eigenvalue weighted by atomic mass is 10.2. The van der Waals surface area contributed by atoms with Gasteiger partial charge in [0.1, 0.15) is 11.8 Å². The average molecular weight is 236 g/mol. The van der Waals surface area contributed by atoms with Crippen LogP contribution in [0.3, 0.4) is 0 Å². The molecule has 0 radical (unpaired) electrons. The number of carbonyl (C=O) groups excluding carboxylic acids is 1. The molecule has 16 heavy (non-hydrogen) atoms. The second-order valence-electron chi connectivity index (χ2n) is 3.14. The quantitative estimate of drug-likeness (QED) is 0.868. The summed E-state index contributed by atoms with van der Waals surface area (Å²) in [5, 5.41) is 11.6. The van der Waals surface area contributed by atoms with Gasteiger partial charge in [0, 0.05) is 5.03 Å². The third-order valence-corrected chi connectivity index (χ3v) is 2.01. The number of rotatable bonds is 3. The summed E-state index contributed by atoms with van der Waals surface area (Å²) in [6, 6.07) is 5.04. The Balaban J connectivity index is 2.82. The zero-order chi connectivity index (χ0) is 12.1. The molecule has 1 heterocycles. The van der Waals surface area contributed by atoms with E-state index < -0.39 is 0 Å². The molecule has 1 rings (SSSR count). The number of halogens is 1. The Morgan fingerprint density at radius 2 is 2.38 bits per heavy atom. The van der Waals surface area contributed by atoms with Crippen LogP contribution in [0.4, 0.5) is 0 Å². The van der Waals surface area contributed by atoms with Crippen molar-refractivity contribution >= 4 is 17.5 Å². The van der Waals surface area contributed by atoms with Crippen LogP contribution in [0.5, 0.6) is 0 Å². The van der Waals surface area contributed by atoms with Gasteiger partial charge in [0.2, 0.25) is 0 Å². The number of hydrogen-bond acceptors (Lipinski definition) is 3. The molecule has 82 valence electrons. The summed E-state index contributed by atoms with van der Waals surface area (Å²) in [5.74, 6) is -0.339. The van der Waals surface area contributed by atoms with Crippen molar-refractivity contribution in [2.75, 3.05) is 6.54 Å². The minimum absolute atomic E-state index is 0.196. The number of hydrogen-bond donors (Lipinski definition) is 1. The predicted molar refractivity (Wildman–Crippen MR) is 61.0 cm³/mol. The fraction of sp³-hybridized carbons (Fsp3) is 0.182. The van der Waals surface area contributed by atoms with Crippen LogP contribution >= 0.6 is 11.6 Å². The predicted octanol–water partition coefficient (Wildman–Crippen LogP) is 1.74. The molecular formula is C11H10ClN3O. The lowest BCUT2D eigenvalue weighted by molar-refractivity contribution is 0.0952. The molecule has 4 nitrogen and oxygen atoms in total. The van der Waals surface area contributed by atoms with Gasteiger partial charge in [-0.1, -0.05) is 18.2 Å². The monoisotopic (exact) mass is 235 g/mol. The molecule has 0 aliphatic heterocycles. The van der Waals surface area contributed by atoms with Gasteiger partial charge in [-0.3, -0.25) is 4.79 Å². The molecular weight excluding hydrogens is 226 g/mol. The molecule has 0 saturated heterocycles. The molecule has 1 N–H and O–H groups in total. The lowest BCUT2D eigenvalue weighted by Gasteiger charge is -2.04. The number of pyridine rings is 1. The number of nitrogens with one attached hydrogen (secondary N) is 1. The number of carbonyl (C=O) groups is 1. The van der Waals surface area contributed by atoms with Gasteiger partial charge in [0.25, 0.3) is 5.91 Å². The summed E-state index contributed by atoms with van der Waals surface area (Å²) < 4.78 is 0. The lowest BCUT2D eigenvalue weighted by Crippen LogP contribution is -2.25. The van der Waals surface area contributed by atoms with Crippen LogP contribution in [-0.4, -0.2) is 17.4 Å². The second kappa shape index (κ2) is 5.29. The first-order valence-electron chi connectivity index (χ1n) is 4.54. The van der Waals surface area contributed by atoms with Crippen LogP contribution in [0.15, 0.2) is 23.7 Å². The van der Waals surface area contributed by atoms with Crippen molar-refractivity contribution < 1.29 is 4.79 Å². The Hall–Kier alpha value is -1.86. The fourth-order valence-electron chi connectivity index (χ4n) is 1.07. The summed E-state index contributed by atoms with van der Waals surface area (Å²) in [5.41, 5.74) is 1.24. The molecule has 5 heteroatoms. The largest absolute Gasteiger partial charge is 0.346 e. The van der Waals surface area contributed by atoms with Crippen LogP contribution in [-0.2, 0) is 0 Å². The Kier molecular flexibility index (Phi) is 4.03. The van der Waals surface area contributed by atoms with Gasteiger partial charge in [-0.25, -0.2) is 4.98 Å². The van der Waals surface area contributed by atoms with E-state index in [2.05, 4.69) is 16.9 Å². The van der Waals surface area contributed by atoms with Crippen molar-refractivity contribution in [1.82, 2.24) is 10.3 Å². The van der Waals surface area contributed by atoms with Crippen molar-refractivity contribution in [2.24, 2.45) is 0 Å². The van der Waals surface area contributed by atoms with Gasteiger partial charge in [0.05, 0.1) is 17.8 Å². The number of aromatic nitrogens is 1. The Morgan fingerprint density at radius 1 is 1.69 bits per heavy atom. The Labute approximate surface area is 98.6 Å². The smallest absolute Gasteiger partial charge is 0.270 e. The van der Waals surface area contributed by atoms with Gasteiger partial charge in [0.15, 0.2) is 0 Å². The summed E-state index contributed by atoms with van der Waals surface area (Å²) in [6.45, 7) is 5.32. The van der Waals surface area contributed by atoms with Gasteiger partial charge < -0.3 is 5.32 Å². The van der Waals surface area contributed by atoms with E-state index in [0.717, 1.165) is 0 Å². The van der Waals surface area contributed by atoms with Crippen LogP contribution in [0.2, 0.25) is 0 Å². The second-order valence-corrected chi connectivity index (χ2v) is 3.68. The highest BCUT2D eigenvalue weighted by molar-refractivity contribution is 6.29. The first-order valence-corrected chi connectivity index (χ1v) is 4.91. The number of aryl methyl sites for hydroxylation is 1. The number of nitriles is 1. The molecule has 1 amide bonds. The summed E-state index contributed by atoms with van der Waals surface area (Å²) in [4.78, 5) is 15.6. The highest BCUT2D eigenvalue weighted by Gasteiger charge is 2.08. The molecule has 0 unspecified atom stereocenters. The van der Waals surface area contributed by atoms with Crippen molar-refractivity contribution in [3.05, 3.63) is 40.7 Å². The van der Waals surface area contributed by atoms with Crippen molar-refractivity contribution in [1.29, 1.82) is 5.26 Å². The van der Waals surface area contributed by atoms with E-state index in [0.29, 0.717) is 16.3 Å². The summed E-state index contributed by atoms with van der Waals surface area (Å²) >= 11 is 5.52. The van der Waals surface area contributed by atoms with Crippen LogP contribution in [0, 0.1) is 18.3 Å². The van der Waals surface area contributed by atoms with E-state index in [1.807, 2.05) is 6.07 Å². The minimum Gasteiger partial charge on any atom is -0.346 e. The molecule has 0 fully saturated rings. The van der Waals surface area contributed by atoms with E-state index in [1.54, 1.807) is 13.0 Å². The highest BCUT2D eigenvalue weighted by Crippen LogP contribution is 2.05. The molecule has 0 aliphatic rings. The molecule has 0 bridgehead atoms. The van der Waals surface area contributed by atoms with Crippen LogP contribution in [0.25, 0.3) is 0 Å². The van der Waals surface area contributed by atoms with Crippen LogP contribution < -0.4 is 5.32 Å². The van der Waals surface area contributed by atoms with Crippen molar-refractivity contribution in [2.45, 2.75) is 6.92 Å². The maximum absolute atomic E-state index is 11.5. The molecule has 0 aliphatic carbocycles. The Bertz CT molecular complexity index is 477. The number of amides is 1. The van der Waals surface area contributed by atoms with E-state index in [-0.39, 0.29) is 18.1 Å². The molecule has 0 spiro atoms. The van der Waals surface area contributed by atoms with Crippen molar-refractivity contribution in [3.8, 4) is 6.07 Å². The average Bonchev–Trinajstić information content (AvgIpc) is 2.25. The van der Waals surface area contributed by atoms with Crippen LogP contribution in [0.1, 0.15) is 21.7 Å². The fourth-order valence-corrected chi connectivity index (χ4v) is 1.14. The topological polar surface area (TPSA) is 65.8 Å². The van der Waals surface area contributed by atoms with E-state index >= 15 is 0 Å². The Morgan fingerprint density at radius 3 is 2.88 bits per heavy atom. The SMILES string of the molecule is C=C(Cl)CNC(=O)c1ccc(C#N)c(C)n1. The first kappa shape index (κ1) is 12.2. The third-order valence-electron chi connectivity index (χ3n) is 1.88. The zero-order valence-electron chi connectivity index (χ0n) is 8.75. The van der Waals surface area contributed by atoms with E-state index in [1.165, 1.54) is 6.07 Å². The maximum Gasteiger partial charge on any atom is 0.270 e. The third kappa shape index (κ3) is 3.07. The number of nitrogens with zero attached hydrogens (tertiary/aromatic N) is 2. The summed E-state index contributed by atoms with van der Waals surface area (Å²) in [6.07, 6.45) is 0. The van der Waals surface area contributed by atoms with Gasteiger partial charge >= 0.3 is 0 Å². The minimum atomic E-state index is -0.339. The molecule has 0 aromatic carbocycles. The molecule has 1 aromatic heterocycles. The van der Waals surface area contributed by atoms with E-state index in [4.69, 9.17) is 16.9 Å². The molecule has 1 aromatic rings. The first-order chi connectivity index (χ1) is 7.54. The summed E-state index contributed by atoms with van der Waals surface area (Å²) in [7, 11) is 0.